The highest BCUT2D eigenvalue weighted by Gasteiger charge is 2.05. The number of nitro benzene ring substituents is 1. The number of hydrogen-bond donors (Lipinski definition) is 2. The lowest BCUT2D eigenvalue weighted by Gasteiger charge is -2.04. The fourth-order valence-corrected chi connectivity index (χ4v) is 1.96. The Morgan fingerprint density at radius 3 is 2.50 bits per heavy atom. The van der Waals surface area contributed by atoms with Crippen molar-refractivity contribution in [2.24, 2.45) is 16.6 Å². The molecule has 0 atom stereocenters. The van der Waals surface area contributed by atoms with E-state index in [4.69, 9.17) is 16.2 Å². The highest BCUT2D eigenvalue weighted by Crippen LogP contribution is 2.14. The maximum absolute atomic E-state index is 11.7. The largest absolute Gasteiger partial charge is 0.484 e. The topological polar surface area (TPSA) is 160 Å². The summed E-state index contributed by atoms with van der Waals surface area (Å²) in [4.78, 5) is 37.2. The molecule has 2 aromatic carbocycles. The highest BCUT2D eigenvalue weighted by atomic mass is 16.7. The zero-order valence-corrected chi connectivity index (χ0v) is 14.5. The number of rotatable bonds is 8. The Labute approximate surface area is 159 Å². The van der Waals surface area contributed by atoms with Gasteiger partial charge in [-0.25, -0.2) is 4.79 Å². The van der Waals surface area contributed by atoms with Crippen molar-refractivity contribution in [2.75, 3.05) is 6.61 Å². The zero-order chi connectivity index (χ0) is 20.5. The fourth-order valence-electron chi connectivity index (χ4n) is 1.96. The average molecular weight is 384 g/mol. The summed E-state index contributed by atoms with van der Waals surface area (Å²) in [5.41, 5.74) is 11.5. The van der Waals surface area contributed by atoms with Gasteiger partial charge < -0.3 is 21.0 Å². The van der Waals surface area contributed by atoms with Crippen LogP contribution in [-0.4, -0.2) is 29.2 Å². The van der Waals surface area contributed by atoms with E-state index in [-0.39, 0.29) is 18.1 Å². The number of nitrogens with zero attached hydrogens (tertiary/aromatic N) is 2. The Balaban J connectivity index is 1.94. The summed E-state index contributed by atoms with van der Waals surface area (Å²) in [6.07, 6.45) is 2.42. The Morgan fingerprint density at radius 2 is 1.86 bits per heavy atom. The maximum Gasteiger partial charge on any atom is 0.358 e. The lowest BCUT2D eigenvalue weighted by atomic mass is 10.2. The number of nitrogens with two attached hydrogens (primary N) is 2. The molecule has 0 radical (unpaired) electrons. The summed E-state index contributed by atoms with van der Waals surface area (Å²) >= 11 is 0. The van der Waals surface area contributed by atoms with Gasteiger partial charge in [0.1, 0.15) is 5.75 Å². The van der Waals surface area contributed by atoms with Crippen LogP contribution in [0.5, 0.6) is 5.75 Å². The van der Waals surface area contributed by atoms with Gasteiger partial charge in [0, 0.05) is 23.8 Å². The molecule has 0 aromatic heterocycles. The Kier molecular flexibility index (Phi) is 6.81. The molecule has 0 spiro atoms. The van der Waals surface area contributed by atoms with Crippen LogP contribution in [0.2, 0.25) is 0 Å². The molecule has 2 aromatic rings. The standard InChI is InChI=1S/C18H16N4O6/c19-16(23)11-27-15-7-5-13(6-8-15)18(20)21-28-17(24)9-4-12-2-1-3-14(10-12)22(25)26/h1-10H,11H2,(H2,19,23)(H2,20,21)/b9-4-. The number of amides is 1. The molecule has 0 saturated heterocycles. The quantitative estimate of drug-likeness (QED) is 0.173. The molecular formula is C18H16N4O6. The highest BCUT2D eigenvalue weighted by molar-refractivity contribution is 5.98. The van der Waals surface area contributed by atoms with Crippen molar-refractivity contribution < 1.29 is 24.1 Å². The third-order valence-electron chi connectivity index (χ3n) is 3.26. The number of benzene rings is 2. The lowest BCUT2D eigenvalue weighted by Crippen LogP contribution is -2.20. The van der Waals surface area contributed by atoms with Gasteiger partial charge in [0.25, 0.3) is 11.6 Å². The summed E-state index contributed by atoms with van der Waals surface area (Å²) in [5.74, 6) is -1.06. The van der Waals surface area contributed by atoms with Crippen LogP contribution in [0.15, 0.2) is 59.8 Å². The van der Waals surface area contributed by atoms with E-state index >= 15 is 0 Å². The number of carbonyl (C=O) groups is 2. The zero-order valence-electron chi connectivity index (χ0n) is 14.5. The van der Waals surface area contributed by atoms with Crippen molar-refractivity contribution >= 4 is 29.5 Å². The molecule has 0 fully saturated rings. The first-order valence-electron chi connectivity index (χ1n) is 7.83. The van der Waals surface area contributed by atoms with E-state index in [2.05, 4.69) is 9.99 Å². The molecule has 144 valence electrons. The molecule has 10 nitrogen and oxygen atoms in total. The second-order valence-electron chi connectivity index (χ2n) is 5.35. The van der Waals surface area contributed by atoms with Gasteiger partial charge in [-0.15, -0.1) is 0 Å². The molecule has 28 heavy (non-hydrogen) atoms. The number of oxime groups is 1. The van der Waals surface area contributed by atoms with E-state index in [9.17, 15) is 19.7 Å². The van der Waals surface area contributed by atoms with Gasteiger partial charge in [-0.2, -0.15) is 0 Å². The molecule has 0 aliphatic rings. The van der Waals surface area contributed by atoms with Gasteiger partial charge in [-0.1, -0.05) is 17.3 Å². The second kappa shape index (κ2) is 9.48. The minimum absolute atomic E-state index is 0.0569. The first-order valence-corrected chi connectivity index (χ1v) is 7.83. The van der Waals surface area contributed by atoms with E-state index in [1.54, 1.807) is 30.3 Å². The smallest absolute Gasteiger partial charge is 0.358 e. The molecule has 0 aliphatic carbocycles. The number of primary amides is 1. The van der Waals surface area contributed by atoms with Gasteiger partial charge >= 0.3 is 5.97 Å². The van der Waals surface area contributed by atoms with E-state index in [0.29, 0.717) is 16.9 Å². The second-order valence-corrected chi connectivity index (χ2v) is 5.35. The molecule has 0 bridgehead atoms. The molecule has 0 heterocycles. The molecule has 1 amide bonds. The first-order chi connectivity index (χ1) is 13.3. The minimum Gasteiger partial charge on any atom is -0.484 e. The van der Waals surface area contributed by atoms with Crippen molar-refractivity contribution in [3.8, 4) is 5.75 Å². The monoisotopic (exact) mass is 384 g/mol. The Hall–Kier alpha value is -4.21. The van der Waals surface area contributed by atoms with Crippen LogP contribution in [0, 0.1) is 10.1 Å². The molecule has 2 rings (SSSR count). The maximum atomic E-state index is 11.7. The molecule has 0 saturated carbocycles. The summed E-state index contributed by atoms with van der Waals surface area (Å²) < 4.78 is 5.11. The number of ether oxygens (including phenoxy) is 1. The van der Waals surface area contributed by atoms with Gasteiger partial charge in [0.15, 0.2) is 12.4 Å². The van der Waals surface area contributed by atoms with Crippen molar-refractivity contribution in [1.29, 1.82) is 0 Å². The molecule has 10 heteroatoms. The number of amidine groups is 1. The van der Waals surface area contributed by atoms with Crippen molar-refractivity contribution in [3.63, 3.8) is 0 Å². The van der Waals surface area contributed by atoms with Crippen LogP contribution >= 0.6 is 0 Å². The van der Waals surface area contributed by atoms with Crippen LogP contribution < -0.4 is 16.2 Å². The lowest BCUT2D eigenvalue weighted by molar-refractivity contribution is -0.384. The molecule has 0 aliphatic heterocycles. The van der Waals surface area contributed by atoms with Crippen LogP contribution in [0.1, 0.15) is 11.1 Å². The molecule has 0 unspecified atom stereocenters. The van der Waals surface area contributed by atoms with Gasteiger partial charge in [0.2, 0.25) is 0 Å². The third-order valence-corrected chi connectivity index (χ3v) is 3.26. The van der Waals surface area contributed by atoms with Crippen molar-refractivity contribution in [3.05, 3.63) is 75.8 Å². The predicted molar refractivity (Wildman–Crippen MR) is 100 cm³/mol. The van der Waals surface area contributed by atoms with E-state index in [1.807, 2.05) is 0 Å². The summed E-state index contributed by atoms with van der Waals surface area (Å²) in [5, 5.41) is 14.2. The van der Waals surface area contributed by atoms with Crippen LogP contribution in [0.3, 0.4) is 0 Å². The van der Waals surface area contributed by atoms with Crippen molar-refractivity contribution in [2.45, 2.75) is 0 Å². The van der Waals surface area contributed by atoms with Gasteiger partial charge in [-0.05, 0) is 35.9 Å². The minimum atomic E-state index is -0.809. The Bertz CT molecular complexity index is 937. The molecular weight excluding hydrogens is 368 g/mol. The normalized spacial score (nSPS) is 11.2. The summed E-state index contributed by atoms with van der Waals surface area (Å²) in [7, 11) is 0. The number of nitro groups is 1. The van der Waals surface area contributed by atoms with Crippen LogP contribution in [0.25, 0.3) is 6.08 Å². The number of hydrogen-bond acceptors (Lipinski definition) is 7. The molecule has 4 N–H and O–H groups in total. The van der Waals surface area contributed by atoms with Crippen molar-refractivity contribution in [1.82, 2.24) is 0 Å². The van der Waals surface area contributed by atoms with Gasteiger partial charge in [0.05, 0.1) is 4.92 Å². The Morgan fingerprint density at radius 1 is 1.14 bits per heavy atom. The predicted octanol–water partition coefficient (Wildman–Crippen LogP) is 1.34. The number of carbonyl (C=O) groups excluding carboxylic acids is 2. The average Bonchev–Trinajstić information content (AvgIpc) is 2.69. The van der Waals surface area contributed by atoms with E-state index in [1.165, 1.54) is 24.3 Å². The van der Waals surface area contributed by atoms with E-state index in [0.717, 1.165) is 6.08 Å². The van der Waals surface area contributed by atoms with Crippen LogP contribution in [-0.2, 0) is 14.4 Å². The summed E-state index contributed by atoms with van der Waals surface area (Å²) in [6.45, 7) is -0.253. The fraction of sp³-hybridized carbons (Fsp3) is 0.0556. The summed E-state index contributed by atoms with van der Waals surface area (Å²) in [6, 6.07) is 11.9. The number of non-ortho nitro benzene ring substituents is 1. The first kappa shape index (κ1) is 20.1. The van der Waals surface area contributed by atoms with Gasteiger partial charge in [-0.3, -0.25) is 14.9 Å². The van der Waals surface area contributed by atoms with Crippen LogP contribution in [0.4, 0.5) is 5.69 Å². The SMILES string of the molecule is NC(=O)COc1ccc(/C(N)=N/OC(=O)/C=C\c2cccc([N+](=O)[O-])c2)cc1. The third kappa shape index (κ3) is 6.26. The van der Waals surface area contributed by atoms with E-state index < -0.39 is 16.8 Å².